The van der Waals surface area contributed by atoms with Gasteiger partial charge in [0.2, 0.25) is 5.91 Å². The predicted octanol–water partition coefficient (Wildman–Crippen LogP) is 3.58. The molecule has 0 aliphatic carbocycles. The molecule has 2 aromatic rings. The number of benzene rings is 2. The van der Waals surface area contributed by atoms with Gasteiger partial charge >= 0.3 is 0 Å². The van der Waals surface area contributed by atoms with E-state index < -0.39 is 0 Å². The van der Waals surface area contributed by atoms with Crippen molar-refractivity contribution in [1.82, 2.24) is 0 Å². The first kappa shape index (κ1) is 16.7. The molecule has 0 heterocycles. The number of ketones is 1. The summed E-state index contributed by atoms with van der Waals surface area (Å²) in [5.74, 6) is -0.137. The third-order valence-corrected chi connectivity index (χ3v) is 3.70. The fraction of sp³-hybridized carbons (Fsp3) is 0.263. The van der Waals surface area contributed by atoms with Gasteiger partial charge in [-0.15, -0.1) is 0 Å². The van der Waals surface area contributed by atoms with E-state index in [-0.39, 0.29) is 18.2 Å². The Kier molecular flexibility index (Phi) is 5.16. The van der Waals surface area contributed by atoms with E-state index in [4.69, 9.17) is 0 Å². The van der Waals surface area contributed by atoms with E-state index in [9.17, 15) is 9.59 Å². The first-order chi connectivity index (χ1) is 10.9. The Balaban J connectivity index is 2.04. The second-order valence-electron chi connectivity index (χ2n) is 5.83. The highest BCUT2D eigenvalue weighted by molar-refractivity contribution is 5.98. The van der Waals surface area contributed by atoms with Crippen LogP contribution in [0.1, 0.15) is 28.4 Å². The van der Waals surface area contributed by atoms with Gasteiger partial charge in [0.25, 0.3) is 0 Å². The minimum atomic E-state index is -0.117. The molecule has 2 rings (SSSR count). The van der Waals surface area contributed by atoms with Crippen LogP contribution in [0.2, 0.25) is 0 Å². The third-order valence-electron chi connectivity index (χ3n) is 3.70. The average Bonchev–Trinajstić information content (AvgIpc) is 2.47. The van der Waals surface area contributed by atoms with Gasteiger partial charge in [-0.2, -0.15) is 0 Å². The summed E-state index contributed by atoms with van der Waals surface area (Å²) in [6, 6.07) is 13.1. The lowest BCUT2D eigenvalue weighted by molar-refractivity contribution is -0.114. The molecule has 0 saturated heterocycles. The molecule has 2 aromatic carbocycles. The number of nitrogens with one attached hydrogen (secondary N) is 1. The van der Waals surface area contributed by atoms with E-state index in [1.807, 2.05) is 37.9 Å². The number of carbonyl (C=O) groups is 2. The molecule has 4 heteroatoms. The maximum atomic E-state index is 12.2. The van der Waals surface area contributed by atoms with Crippen molar-refractivity contribution in [1.29, 1.82) is 0 Å². The fourth-order valence-electron chi connectivity index (χ4n) is 2.55. The standard InChI is InChI=1S/C19H22N2O2/c1-13-8-9-18(14(2)10-13)21(4)12-19(23)20-17-7-5-6-16(11-17)15(3)22/h5-11H,12H2,1-4H3,(H,20,23). The number of hydrogen-bond donors (Lipinski definition) is 1. The van der Waals surface area contributed by atoms with Crippen LogP contribution in [0, 0.1) is 13.8 Å². The Morgan fingerprint density at radius 1 is 1.09 bits per heavy atom. The summed E-state index contributed by atoms with van der Waals surface area (Å²) < 4.78 is 0. The molecule has 120 valence electrons. The van der Waals surface area contributed by atoms with Crippen LogP contribution in [0.4, 0.5) is 11.4 Å². The zero-order chi connectivity index (χ0) is 17.0. The fourth-order valence-corrected chi connectivity index (χ4v) is 2.55. The zero-order valence-corrected chi connectivity index (χ0v) is 14.0. The molecule has 0 aliphatic heterocycles. The molecular formula is C19H22N2O2. The average molecular weight is 310 g/mol. The lowest BCUT2D eigenvalue weighted by Crippen LogP contribution is -2.30. The molecule has 23 heavy (non-hydrogen) atoms. The van der Waals surface area contributed by atoms with Crippen molar-refractivity contribution in [2.45, 2.75) is 20.8 Å². The summed E-state index contributed by atoms with van der Waals surface area (Å²) in [5.41, 5.74) is 4.59. The highest BCUT2D eigenvalue weighted by Crippen LogP contribution is 2.20. The van der Waals surface area contributed by atoms with Crippen molar-refractivity contribution in [2.75, 3.05) is 23.8 Å². The molecule has 0 unspecified atom stereocenters. The second-order valence-corrected chi connectivity index (χ2v) is 5.83. The lowest BCUT2D eigenvalue weighted by Gasteiger charge is -2.21. The van der Waals surface area contributed by atoms with Crippen molar-refractivity contribution >= 4 is 23.1 Å². The van der Waals surface area contributed by atoms with Crippen molar-refractivity contribution in [3.63, 3.8) is 0 Å². The zero-order valence-electron chi connectivity index (χ0n) is 14.0. The van der Waals surface area contributed by atoms with Crippen LogP contribution >= 0.6 is 0 Å². The highest BCUT2D eigenvalue weighted by atomic mass is 16.2. The summed E-state index contributed by atoms with van der Waals surface area (Å²) in [6.45, 7) is 5.83. The summed E-state index contributed by atoms with van der Waals surface area (Å²) in [7, 11) is 1.89. The van der Waals surface area contributed by atoms with Gasteiger partial charge in [-0.05, 0) is 44.5 Å². The third kappa shape index (κ3) is 4.42. The van der Waals surface area contributed by atoms with E-state index >= 15 is 0 Å². The maximum Gasteiger partial charge on any atom is 0.243 e. The van der Waals surface area contributed by atoms with Gasteiger partial charge in [-0.3, -0.25) is 9.59 Å². The number of nitrogens with zero attached hydrogens (tertiary/aromatic N) is 1. The number of anilines is 2. The predicted molar refractivity (Wildman–Crippen MR) is 94.3 cm³/mol. The van der Waals surface area contributed by atoms with Gasteiger partial charge < -0.3 is 10.2 Å². The van der Waals surface area contributed by atoms with E-state index in [2.05, 4.69) is 11.4 Å². The van der Waals surface area contributed by atoms with E-state index in [0.717, 1.165) is 11.3 Å². The quantitative estimate of drug-likeness (QED) is 0.859. The SMILES string of the molecule is CC(=O)c1cccc(NC(=O)CN(C)c2ccc(C)cc2C)c1. The second kappa shape index (κ2) is 7.09. The van der Waals surface area contributed by atoms with Crippen LogP contribution in [0.5, 0.6) is 0 Å². The molecule has 0 spiro atoms. The minimum absolute atomic E-state index is 0.0199. The minimum Gasteiger partial charge on any atom is -0.365 e. The Hall–Kier alpha value is -2.62. The van der Waals surface area contributed by atoms with Crippen LogP contribution < -0.4 is 10.2 Å². The number of amides is 1. The maximum absolute atomic E-state index is 12.2. The van der Waals surface area contributed by atoms with Crippen molar-refractivity contribution in [2.24, 2.45) is 0 Å². The number of aryl methyl sites for hydroxylation is 2. The summed E-state index contributed by atoms with van der Waals surface area (Å²) in [5, 5.41) is 2.84. The van der Waals surface area contributed by atoms with Gasteiger partial charge in [0, 0.05) is 24.0 Å². The van der Waals surface area contributed by atoms with Crippen LogP contribution in [-0.4, -0.2) is 25.3 Å². The molecule has 0 radical (unpaired) electrons. The number of likely N-dealkylation sites (N-methyl/N-ethyl adjacent to an activating group) is 1. The Morgan fingerprint density at radius 3 is 2.48 bits per heavy atom. The van der Waals surface area contributed by atoms with Crippen LogP contribution in [0.3, 0.4) is 0 Å². The van der Waals surface area contributed by atoms with Gasteiger partial charge in [-0.1, -0.05) is 29.8 Å². The number of carbonyl (C=O) groups excluding carboxylic acids is 2. The molecule has 0 aromatic heterocycles. The first-order valence-corrected chi connectivity index (χ1v) is 7.56. The van der Waals surface area contributed by atoms with Crippen molar-refractivity contribution in [3.05, 3.63) is 59.2 Å². The Labute approximate surface area is 137 Å². The summed E-state index contributed by atoms with van der Waals surface area (Å²) >= 11 is 0. The van der Waals surface area contributed by atoms with E-state index in [1.165, 1.54) is 12.5 Å². The molecule has 0 fully saturated rings. The molecule has 1 amide bonds. The Bertz CT molecular complexity index is 738. The van der Waals surface area contributed by atoms with Crippen LogP contribution in [0.25, 0.3) is 0 Å². The van der Waals surface area contributed by atoms with E-state index in [1.54, 1.807) is 24.3 Å². The van der Waals surface area contributed by atoms with Crippen molar-refractivity contribution in [3.8, 4) is 0 Å². The molecule has 4 nitrogen and oxygen atoms in total. The normalized spacial score (nSPS) is 10.3. The largest absolute Gasteiger partial charge is 0.365 e. The van der Waals surface area contributed by atoms with Crippen LogP contribution in [-0.2, 0) is 4.79 Å². The lowest BCUT2D eigenvalue weighted by atomic mass is 10.1. The monoisotopic (exact) mass is 310 g/mol. The van der Waals surface area contributed by atoms with Gasteiger partial charge in [0.05, 0.1) is 6.54 Å². The number of rotatable bonds is 5. The first-order valence-electron chi connectivity index (χ1n) is 7.56. The molecular weight excluding hydrogens is 288 g/mol. The molecule has 0 bridgehead atoms. The molecule has 1 N–H and O–H groups in total. The Morgan fingerprint density at radius 2 is 1.83 bits per heavy atom. The topological polar surface area (TPSA) is 49.4 Å². The highest BCUT2D eigenvalue weighted by Gasteiger charge is 2.10. The smallest absolute Gasteiger partial charge is 0.243 e. The number of hydrogen-bond acceptors (Lipinski definition) is 3. The van der Waals surface area contributed by atoms with Gasteiger partial charge in [-0.25, -0.2) is 0 Å². The van der Waals surface area contributed by atoms with Gasteiger partial charge in [0.15, 0.2) is 5.78 Å². The van der Waals surface area contributed by atoms with E-state index in [0.29, 0.717) is 11.3 Å². The summed E-state index contributed by atoms with van der Waals surface area (Å²) in [6.07, 6.45) is 0. The molecule has 0 saturated carbocycles. The van der Waals surface area contributed by atoms with Crippen LogP contribution in [0.15, 0.2) is 42.5 Å². The number of Topliss-reactive ketones (excluding diaryl/α,β-unsaturated/α-hetero) is 1. The van der Waals surface area contributed by atoms with Gasteiger partial charge in [0.1, 0.15) is 0 Å². The molecule has 0 aliphatic rings. The molecule has 0 atom stereocenters. The van der Waals surface area contributed by atoms with Crippen molar-refractivity contribution < 1.29 is 9.59 Å². The summed E-state index contributed by atoms with van der Waals surface area (Å²) in [4.78, 5) is 25.5.